The molecule has 1 unspecified atom stereocenters. The molecule has 4 nitrogen and oxygen atoms in total. The molecule has 1 atom stereocenters. The highest BCUT2D eigenvalue weighted by molar-refractivity contribution is 5.75. The molecule has 0 aromatic rings. The average molecular weight is 201 g/mol. The number of carbonyl (C=O) groups is 1. The molecule has 0 spiro atoms. The van der Waals surface area contributed by atoms with Gasteiger partial charge in [0.1, 0.15) is 0 Å². The third-order valence-corrected chi connectivity index (χ3v) is 2.12. The number of nitrogens with zero attached hydrogens (tertiary/aromatic N) is 2. The molecule has 0 radical (unpaired) electrons. The minimum Gasteiger partial charge on any atom is -0.344 e. The molecule has 0 rings (SSSR count). The summed E-state index contributed by atoms with van der Waals surface area (Å²) in [7, 11) is 5.84. The second kappa shape index (κ2) is 6.79. The van der Waals surface area contributed by atoms with E-state index in [-0.39, 0.29) is 11.9 Å². The van der Waals surface area contributed by atoms with Gasteiger partial charge in [0.2, 0.25) is 5.91 Å². The Morgan fingerprint density at radius 2 is 1.86 bits per heavy atom. The fourth-order valence-corrected chi connectivity index (χ4v) is 1.02. The van der Waals surface area contributed by atoms with Crippen molar-refractivity contribution >= 4 is 5.91 Å². The van der Waals surface area contributed by atoms with E-state index in [0.29, 0.717) is 6.42 Å². The molecule has 0 bridgehead atoms. The van der Waals surface area contributed by atoms with E-state index in [1.54, 1.807) is 4.90 Å². The van der Waals surface area contributed by atoms with Gasteiger partial charge >= 0.3 is 0 Å². The van der Waals surface area contributed by atoms with Crippen molar-refractivity contribution in [3.05, 3.63) is 0 Å². The summed E-state index contributed by atoms with van der Waals surface area (Å²) < 4.78 is 0. The zero-order chi connectivity index (χ0) is 11.1. The van der Waals surface area contributed by atoms with Crippen LogP contribution in [0.25, 0.3) is 0 Å². The van der Waals surface area contributed by atoms with E-state index < -0.39 is 0 Å². The van der Waals surface area contributed by atoms with E-state index in [4.69, 9.17) is 5.73 Å². The minimum atomic E-state index is 0.112. The van der Waals surface area contributed by atoms with Gasteiger partial charge in [0, 0.05) is 32.6 Å². The molecule has 14 heavy (non-hydrogen) atoms. The lowest BCUT2D eigenvalue weighted by Crippen LogP contribution is -2.34. The highest BCUT2D eigenvalue weighted by Crippen LogP contribution is 1.98. The number of rotatable bonds is 6. The van der Waals surface area contributed by atoms with Gasteiger partial charge in [-0.1, -0.05) is 0 Å². The van der Waals surface area contributed by atoms with Gasteiger partial charge in [-0.3, -0.25) is 4.79 Å². The lowest BCUT2D eigenvalue weighted by molar-refractivity contribution is -0.130. The largest absolute Gasteiger partial charge is 0.344 e. The molecule has 0 aliphatic heterocycles. The number of carbonyl (C=O) groups excluding carboxylic acids is 1. The summed E-state index contributed by atoms with van der Waals surface area (Å²) >= 11 is 0. The summed E-state index contributed by atoms with van der Waals surface area (Å²) in [6, 6.07) is 0.112. The predicted octanol–water partition coefficient (Wildman–Crippen LogP) is 0.134. The van der Waals surface area contributed by atoms with Gasteiger partial charge in [0.15, 0.2) is 0 Å². The lowest BCUT2D eigenvalue weighted by Gasteiger charge is -2.20. The number of hydrogen-bond acceptors (Lipinski definition) is 3. The summed E-state index contributed by atoms with van der Waals surface area (Å²) in [6.45, 7) is 3.61. The van der Waals surface area contributed by atoms with Crippen molar-refractivity contribution in [1.29, 1.82) is 0 Å². The maximum Gasteiger partial charge on any atom is 0.222 e. The van der Waals surface area contributed by atoms with Crippen molar-refractivity contribution in [3.63, 3.8) is 0 Å². The molecule has 0 aromatic carbocycles. The first-order chi connectivity index (χ1) is 6.43. The highest BCUT2D eigenvalue weighted by Gasteiger charge is 2.09. The zero-order valence-electron chi connectivity index (χ0n) is 9.79. The van der Waals surface area contributed by atoms with Crippen LogP contribution >= 0.6 is 0 Å². The minimum absolute atomic E-state index is 0.112. The van der Waals surface area contributed by atoms with Crippen LogP contribution in [-0.2, 0) is 4.79 Å². The Hall–Kier alpha value is -0.610. The van der Waals surface area contributed by atoms with Gasteiger partial charge in [0.25, 0.3) is 0 Å². The van der Waals surface area contributed by atoms with Crippen LogP contribution in [0.15, 0.2) is 0 Å². The molecule has 0 aromatic heterocycles. The van der Waals surface area contributed by atoms with Gasteiger partial charge in [-0.05, 0) is 27.4 Å². The third-order valence-electron chi connectivity index (χ3n) is 2.12. The predicted molar refractivity (Wildman–Crippen MR) is 59.1 cm³/mol. The van der Waals surface area contributed by atoms with Crippen LogP contribution in [0, 0.1) is 0 Å². The first kappa shape index (κ1) is 13.4. The van der Waals surface area contributed by atoms with Crippen LogP contribution in [-0.4, -0.2) is 56.0 Å². The highest BCUT2D eigenvalue weighted by atomic mass is 16.2. The SMILES string of the molecule is CC(N)CCC(=O)N(C)CCN(C)C. The fourth-order valence-electron chi connectivity index (χ4n) is 1.02. The molecule has 0 saturated heterocycles. The number of nitrogens with two attached hydrogens (primary N) is 1. The van der Waals surface area contributed by atoms with E-state index in [0.717, 1.165) is 19.5 Å². The maximum atomic E-state index is 11.5. The quantitative estimate of drug-likeness (QED) is 0.665. The smallest absolute Gasteiger partial charge is 0.222 e. The Bertz CT molecular complexity index is 169. The van der Waals surface area contributed by atoms with Crippen LogP contribution in [0.1, 0.15) is 19.8 Å². The van der Waals surface area contributed by atoms with Crippen molar-refractivity contribution in [2.75, 3.05) is 34.2 Å². The molecule has 0 aliphatic carbocycles. The van der Waals surface area contributed by atoms with Gasteiger partial charge in [-0.2, -0.15) is 0 Å². The van der Waals surface area contributed by atoms with E-state index >= 15 is 0 Å². The Morgan fingerprint density at radius 3 is 2.29 bits per heavy atom. The molecule has 0 fully saturated rings. The van der Waals surface area contributed by atoms with Gasteiger partial charge in [-0.15, -0.1) is 0 Å². The van der Waals surface area contributed by atoms with Crippen LogP contribution in [0.3, 0.4) is 0 Å². The first-order valence-electron chi connectivity index (χ1n) is 5.07. The third kappa shape index (κ3) is 6.86. The Morgan fingerprint density at radius 1 is 1.29 bits per heavy atom. The van der Waals surface area contributed by atoms with E-state index in [1.807, 2.05) is 28.1 Å². The van der Waals surface area contributed by atoms with Crippen LogP contribution in [0.2, 0.25) is 0 Å². The summed E-state index contributed by atoms with van der Waals surface area (Å²) in [4.78, 5) is 15.3. The zero-order valence-corrected chi connectivity index (χ0v) is 9.79. The molecule has 84 valence electrons. The second-order valence-electron chi connectivity index (χ2n) is 4.13. The summed E-state index contributed by atoms with van der Waals surface area (Å²) in [5.74, 6) is 0.184. The van der Waals surface area contributed by atoms with Crippen LogP contribution < -0.4 is 5.73 Å². The van der Waals surface area contributed by atoms with E-state index in [2.05, 4.69) is 4.90 Å². The molecular formula is C10H23N3O. The van der Waals surface area contributed by atoms with Gasteiger partial charge in [-0.25, -0.2) is 0 Å². The Labute approximate surface area is 87.0 Å². The molecule has 1 amide bonds. The normalized spacial score (nSPS) is 13.0. The number of hydrogen-bond donors (Lipinski definition) is 1. The molecular weight excluding hydrogens is 178 g/mol. The molecule has 0 heterocycles. The summed E-state index contributed by atoms with van der Waals surface area (Å²) in [6.07, 6.45) is 1.33. The Kier molecular flexibility index (Phi) is 6.49. The standard InChI is InChI=1S/C10H23N3O/c1-9(11)5-6-10(14)13(4)8-7-12(2)3/h9H,5-8,11H2,1-4H3. The van der Waals surface area contributed by atoms with Crippen molar-refractivity contribution in [2.24, 2.45) is 5.73 Å². The van der Waals surface area contributed by atoms with E-state index in [9.17, 15) is 4.79 Å². The lowest BCUT2D eigenvalue weighted by atomic mass is 10.2. The topological polar surface area (TPSA) is 49.6 Å². The van der Waals surface area contributed by atoms with Gasteiger partial charge in [0.05, 0.1) is 0 Å². The second-order valence-corrected chi connectivity index (χ2v) is 4.13. The Balaban J connectivity index is 3.65. The van der Waals surface area contributed by atoms with Crippen molar-refractivity contribution < 1.29 is 4.79 Å². The average Bonchev–Trinajstić information content (AvgIpc) is 2.09. The van der Waals surface area contributed by atoms with Crippen molar-refractivity contribution in [3.8, 4) is 0 Å². The maximum absolute atomic E-state index is 11.5. The molecule has 4 heteroatoms. The molecule has 0 saturated carbocycles. The molecule has 0 aliphatic rings. The number of likely N-dealkylation sites (N-methyl/N-ethyl adjacent to an activating group) is 2. The molecule has 2 N–H and O–H groups in total. The van der Waals surface area contributed by atoms with Crippen molar-refractivity contribution in [1.82, 2.24) is 9.80 Å². The fraction of sp³-hybridized carbons (Fsp3) is 0.900. The van der Waals surface area contributed by atoms with Crippen LogP contribution in [0.5, 0.6) is 0 Å². The summed E-state index contributed by atoms with van der Waals surface area (Å²) in [5.41, 5.74) is 5.58. The van der Waals surface area contributed by atoms with Crippen molar-refractivity contribution in [2.45, 2.75) is 25.8 Å². The first-order valence-corrected chi connectivity index (χ1v) is 5.07. The van der Waals surface area contributed by atoms with Gasteiger partial charge < -0.3 is 15.5 Å². The summed E-state index contributed by atoms with van der Waals surface area (Å²) in [5, 5.41) is 0. The monoisotopic (exact) mass is 201 g/mol. The van der Waals surface area contributed by atoms with E-state index in [1.165, 1.54) is 0 Å². The number of amides is 1. The van der Waals surface area contributed by atoms with Crippen LogP contribution in [0.4, 0.5) is 0 Å².